The molecule has 1 aromatic carbocycles. The minimum Gasteiger partial charge on any atom is -0.320 e. The summed E-state index contributed by atoms with van der Waals surface area (Å²) in [5.41, 5.74) is 1.21. The zero-order chi connectivity index (χ0) is 14.5. The van der Waals surface area contributed by atoms with Gasteiger partial charge < -0.3 is 5.32 Å². The topological polar surface area (TPSA) is 64.0 Å². The van der Waals surface area contributed by atoms with Crippen molar-refractivity contribution in [1.82, 2.24) is 9.55 Å². The van der Waals surface area contributed by atoms with Crippen LogP contribution in [-0.4, -0.2) is 15.5 Å². The molecule has 20 heavy (non-hydrogen) atoms. The highest BCUT2D eigenvalue weighted by atomic mass is 16.2. The van der Waals surface area contributed by atoms with E-state index in [0.717, 1.165) is 12.1 Å². The second-order valence-electron chi connectivity index (χ2n) is 4.51. The number of rotatable bonds is 4. The van der Waals surface area contributed by atoms with E-state index in [1.165, 1.54) is 10.9 Å². The second kappa shape index (κ2) is 6.14. The van der Waals surface area contributed by atoms with Gasteiger partial charge in [-0.25, -0.2) is 4.98 Å². The molecule has 0 aliphatic heterocycles. The van der Waals surface area contributed by atoms with Crippen molar-refractivity contribution >= 4 is 11.6 Å². The summed E-state index contributed by atoms with van der Waals surface area (Å²) in [6, 6.07) is 9.19. The van der Waals surface area contributed by atoms with E-state index in [1.807, 2.05) is 37.3 Å². The molecule has 2 rings (SSSR count). The molecule has 0 radical (unpaired) electrons. The van der Waals surface area contributed by atoms with Crippen LogP contribution in [0.5, 0.6) is 0 Å². The quantitative estimate of drug-likeness (QED) is 0.927. The molecule has 0 aliphatic rings. The Morgan fingerprint density at radius 1 is 1.30 bits per heavy atom. The van der Waals surface area contributed by atoms with Crippen LogP contribution in [0.25, 0.3) is 5.69 Å². The average Bonchev–Trinajstić information content (AvgIpc) is 2.45. The Hall–Kier alpha value is -2.43. The monoisotopic (exact) mass is 271 g/mol. The molecule has 0 saturated heterocycles. The molecule has 5 heteroatoms. The summed E-state index contributed by atoms with van der Waals surface area (Å²) in [6.07, 6.45) is 2.60. The number of hydrogen-bond acceptors (Lipinski definition) is 3. The minimum atomic E-state index is -0.270. The van der Waals surface area contributed by atoms with Crippen LogP contribution in [0.15, 0.2) is 41.5 Å². The summed E-state index contributed by atoms with van der Waals surface area (Å²) in [6.45, 7) is 3.62. The van der Waals surface area contributed by atoms with Crippen molar-refractivity contribution in [3.63, 3.8) is 0 Å². The van der Waals surface area contributed by atoms with Crippen molar-refractivity contribution in [1.29, 1.82) is 0 Å². The van der Waals surface area contributed by atoms with Crippen molar-refractivity contribution in [2.45, 2.75) is 26.7 Å². The number of para-hydroxylation sites is 1. The van der Waals surface area contributed by atoms with Crippen LogP contribution in [0.3, 0.4) is 0 Å². The molecule has 2 aromatic rings. The Balaban J connectivity index is 2.43. The van der Waals surface area contributed by atoms with E-state index in [0.29, 0.717) is 12.1 Å². The van der Waals surface area contributed by atoms with Crippen molar-refractivity contribution in [3.05, 3.63) is 52.7 Å². The lowest BCUT2D eigenvalue weighted by molar-refractivity contribution is -0.116. The normalized spacial score (nSPS) is 10.3. The summed E-state index contributed by atoms with van der Waals surface area (Å²) in [5.74, 6) is -0.166. The van der Waals surface area contributed by atoms with Gasteiger partial charge in [0.1, 0.15) is 12.0 Å². The molecule has 0 fully saturated rings. The van der Waals surface area contributed by atoms with Crippen molar-refractivity contribution in [2.24, 2.45) is 0 Å². The van der Waals surface area contributed by atoms with Gasteiger partial charge in [0.2, 0.25) is 5.91 Å². The predicted molar refractivity (Wildman–Crippen MR) is 78.1 cm³/mol. The molecule has 0 unspecified atom stereocenters. The van der Waals surface area contributed by atoms with Gasteiger partial charge >= 0.3 is 0 Å². The molecule has 0 bridgehead atoms. The lowest BCUT2D eigenvalue weighted by Crippen LogP contribution is -2.26. The Morgan fingerprint density at radius 2 is 2.00 bits per heavy atom. The fourth-order valence-corrected chi connectivity index (χ4v) is 1.88. The predicted octanol–water partition coefficient (Wildman–Crippen LogP) is 2.28. The van der Waals surface area contributed by atoms with Crippen molar-refractivity contribution in [2.75, 3.05) is 5.32 Å². The summed E-state index contributed by atoms with van der Waals surface area (Å²) in [4.78, 5) is 28.3. The Labute approximate surface area is 117 Å². The van der Waals surface area contributed by atoms with E-state index in [2.05, 4.69) is 10.3 Å². The van der Waals surface area contributed by atoms with Crippen LogP contribution in [0.4, 0.5) is 5.69 Å². The van der Waals surface area contributed by atoms with Gasteiger partial charge in [-0.1, -0.05) is 25.1 Å². The summed E-state index contributed by atoms with van der Waals surface area (Å²) >= 11 is 0. The van der Waals surface area contributed by atoms with Gasteiger partial charge in [0.05, 0.1) is 11.4 Å². The van der Waals surface area contributed by atoms with Crippen LogP contribution in [0.1, 0.15) is 25.5 Å². The molecular weight excluding hydrogens is 254 g/mol. The first-order valence-electron chi connectivity index (χ1n) is 6.57. The zero-order valence-electron chi connectivity index (χ0n) is 11.6. The highest BCUT2D eigenvalue weighted by Crippen LogP contribution is 2.09. The number of amides is 1. The number of anilines is 1. The lowest BCUT2D eigenvalue weighted by atomic mass is 10.3. The number of hydrogen-bond donors (Lipinski definition) is 1. The van der Waals surface area contributed by atoms with Crippen molar-refractivity contribution in [3.8, 4) is 5.69 Å². The van der Waals surface area contributed by atoms with Gasteiger partial charge in [0.15, 0.2) is 0 Å². The van der Waals surface area contributed by atoms with E-state index < -0.39 is 0 Å². The maximum atomic E-state index is 12.4. The molecule has 0 atom stereocenters. The standard InChI is InChI=1S/C15H17N3O2/c1-3-7-13(19)17-14-11(2)16-10-18(15(14)20)12-8-5-4-6-9-12/h4-6,8-10H,3,7H2,1-2H3,(H,17,19). The first-order valence-corrected chi connectivity index (χ1v) is 6.57. The van der Waals surface area contributed by atoms with Gasteiger partial charge in [-0.2, -0.15) is 0 Å². The molecule has 0 aliphatic carbocycles. The van der Waals surface area contributed by atoms with Crippen LogP contribution in [-0.2, 0) is 4.79 Å². The van der Waals surface area contributed by atoms with Crippen LogP contribution >= 0.6 is 0 Å². The van der Waals surface area contributed by atoms with Gasteiger partial charge in [0.25, 0.3) is 5.56 Å². The van der Waals surface area contributed by atoms with Gasteiger partial charge in [-0.05, 0) is 25.5 Å². The minimum absolute atomic E-state index is 0.166. The number of nitrogens with one attached hydrogen (secondary N) is 1. The van der Waals surface area contributed by atoms with E-state index >= 15 is 0 Å². The molecule has 0 spiro atoms. The molecule has 1 amide bonds. The van der Waals surface area contributed by atoms with E-state index in [-0.39, 0.29) is 17.2 Å². The van der Waals surface area contributed by atoms with Crippen LogP contribution in [0.2, 0.25) is 0 Å². The summed E-state index contributed by atoms with van der Waals surface area (Å²) in [7, 11) is 0. The largest absolute Gasteiger partial charge is 0.320 e. The number of carbonyl (C=O) groups is 1. The van der Waals surface area contributed by atoms with Crippen LogP contribution in [0, 0.1) is 6.92 Å². The van der Waals surface area contributed by atoms with Crippen molar-refractivity contribution < 1.29 is 4.79 Å². The Kier molecular flexibility index (Phi) is 4.30. The number of aromatic nitrogens is 2. The number of aryl methyl sites for hydroxylation is 1. The fraction of sp³-hybridized carbons (Fsp3) is 0.267. The summed E-state index contributed by atoms with van der Waals surface area (Å²) in [5, 5.41) is 2.65. The highest BCUT2D eigenvalue weighted by molar-refractivity contribution is 5.90. The zero-order valence-corrected chi connectivity index (χ0v) is 11.6. The van der Waals surface area contributed by atoms with Gasteiger partial charge in [-0.15, -0.1) is 0 Å². The Bertz CT molecular complexity index is 663. The molecule has 5 nitrogen and oxygen atoms in total. The molecule has 1 heterocycles. The molecule has 1 aromatic heterocycles. The lowest BCUT2D eigenvalue weighted by Gasteiger charge is -2.10. The number of carbonyl (C=O) groups excluding carboxylic acids is 1. The SMILES string of the molecule is CCCC(=O)Nc1c(C)ncn(-c2ccccc2)c1=O. The van der Waals surface area contributed by atoms with E-state index in [9.17, 15) is 9.59 Å². The van der Waals surface area contributed by atoms with Crippen LogP contribution < -0.4 is 10.9 Å². The second-order valence-corrected chi connectivity index (χ2v) is 4.51. The van der Waals surface area contributed by atoms with E-state index in [4.69, 9.17) is 0 Å². The smallest absolute Gasteiger partial charge is 0.281 e. The highest BCUT2D eigenvalue weighted by Gasteiger charge is 2.12. The number of nitrogens with zero attached hydrogens (tertiary/aromatic N) is 2. The maximum absolute atomic E-state index is 12.4. The molecular formula is C15H17N3O2. The molecule has 1 N–H and O–H groups in total. The molecule has 104 valence electrons. The van der Waals surface area contributed by atoms with Gasteiger partial charge in [0, 0.05) is 6.42 Å². The van der Waals surface area contributed by atoms with Gasteiger partial charge in [-0.3, -0.25) is 14.2 Å². The third kappa shape index (κ3) is 2.93. The third-order valence-electron chi connectivity index (χ3n) is 2.94. The fourth-order valence-electron chi connectivity index (χ4n) is 1.88. The third-order valence-corrected chi connectivity index (χ3v) is 2.94. The Morgan fingerprint density at radius 3 is 2.65 bits per heavy atom. The average molecular weight is 271 g/mol. The first kappa shape index (κ1) is 14.0. The summed E-state index contributed by atoms with van der Waals surface area (Å²) < 4.78 is 1.43. The maximum Gasteiger partial charge on any atom is 0.281 e. The number of benzene rings is 1. The molecule has 0 saturated carbocycles. The van der Waals surface area contributed by atoms with E-state index in [1.54, 1.807) is 6.92 Å². The first-order chi connectivity index (χ1) is 9.63.